The van der Waals surface area contributed by atoms with Crippen molar-refractivity contribution < 1.29 is 0 Å². The summed E-state index contributed by atoms with van der Waals surface area (Å²) >= 11 is 0. The van der Waals surface area contributed by atoms with Crippen LogP contribution in [0.1, 0.15) is 38.0 Å². The van der Waals surface area contributed by atoms with Crippen LogP contribution in [0.15, 0.2) is 24.5 Å². The Morgan fingerprint density at radius 1 is 1.11 bits per heavy atom. The van der Waals surface area contributed by atoms with Crippen molar-refractivity contribution in [3.8, 4) is 0 Å². The number of fused-ring (bicyclic) bond motifs is 1. The lowest BCUT2D eigenvalue weighted by Crippen LogP contribution is -2.58. The van der Waals surface area contributed by atoms with E-state index in [9.17, 15) is 0 Å². The largest absolute Gasteiger partial charge is 0.352 e. The van der Waals surface area contributed by atoms with Crippen molar-refractivity contribution in [2.45, 2.75) is 45.7 Å². The van der Waals surface area contributed by atoms with E-state index in [-0.39, 0.29) is 5.41 Å². The van der Waals surface area contributed by atoms with E-state index in [0.717, 1.165) is 48.3 Å². The highest BCUT2D eigenvalue weighted by Crippen LogP contribution is 2.25. The predicted octanol–water partition coefficient (Wildman–Crippen LogP) is 1.84. The standard InChI is InChI=1S/C19H26N8/c1-13-20-8-14(9-21-13)10-25(5)15-11-26(12-15)17-7-6-16-22-23-18(19(2,3)4)27(16)24-17/h6-9,15H,10-12H2,1-5H3. The first-order chi connectivity index (χ1) is 12.8. The zero-order valence-corrected chi connectivity index (χ0v) is 16.6. The van der Waals surface area contributed by atoms with Gasteiger partial charge in [-0.25, -0.2) is 9.97 Å². The molecule has 0 aromatic carbocycles. The molecule has 0 unspecified atom stereocenters. The van der Waals surface area contributed by atoms with E-state index in [1.165, 1.54) is 0 Å². The highest BCUT2D eigenvalue weighted by atomic mass is 15.4. The summed E-state index contributed by atoms with van der Waals surface area (Å²) in [6.07, 6.45) is 3.82. The van der Waals surface area contributed by atoms with Crippen molar-refractivity contribution >= 4 is 11.5 Å². The monoisotopic (exact) mass is 366 g/mol. The molecule has 8 nitrogen and oxygen atoms in total. The van der Waals surface area contributed by atoms with Gasteiger partial charge in [0, 0.05) is 49.0 Å². The molecule has 0 spiro atoms. The summed E-state index contributed by atoms with van der Waals surface area (Å²) in [5, 5.41) is 13.3. The lowest BCUT2D eigenvalue weighted by Gasteiger charge is -2.44. The Balaban J connectivity index is 1.43. The van der Waals surface area contributed by atoms with Crippen LogP contribution in [-0.4, -0.2) is 60.9 Å². The topological polar surface area (TPSA) is 75.3 Å². The lowest BCUT2D eigenvalue weighted by molar-refractivity contribution is 0.196. The molecule has 0 atom stereocenters. The fourth-order valence-electron chi connectivity index (χ4n) is 3.25. The summed E-state index contributed by atoms with van der Waals surface area (Å²) in [6.45, 7) is 11.0. The van der Waals surface area contributed by atoms with Crippen molar-refractivity contribution in [2.24, 2.45) is 0 Å². The van der Waals surface area contributed by atoms with Crippen LogP contribution < -0.4 is 4.90 Å². The number of hydrogen-bond donors (Lipinski definition) is 0. The Labute approximate surface area is 159 Å². The molecule has 142 valence electrons. The summed E-state index contributed by atoms with van der Waals surface area (Å²) in [5.74, 6) is 2.66. The van der Waals surface area contributed by atoms with Crippen LogP contribution in [0, 0.1) is 6.92 Å². The Kier molecular flexibility index (Phi) is 4.30. The van der Waals surface area contributed by atoms with Gasteiger partial charge in [0.1, 0.15) is 11.6 Å². The molecule has 0 amide bonds. The molecule has 0 saturated carbocycles. The number of nitrogens with zero attached hydrogens (tertiary/aromatic N) is 8. The van der Waals surface area contributed by atoms with Crippen LogP contribution in [0.5, 0.6) is 0 Å². The van der Waals surface area contributed by atoms with Gasteiger partial charge in [-0.1, -0.05) is 20.8 Å². The highest BCUT2D eigenvalue weighted by molar-refractivity contribution is 5.48. The number of hydrogen-bond acceptors (Lipinski definition) is 7. The van der Waals surface area contributed by atoms with Gasteiger partial charge in [-0.15, -0.1) is 15.3 Å². The molecule has 1 fully saturated rings. The fraction of sp³-hybridized carbons (Fsp3) is 0.526. The van der Waals surface area contributed by atoms with Crippen LogP contribution in [0.2, 0.25) is 0 Å². The van der Waals surface area contributed by atoms with Gasteiger partial charge in [0.05, 0.1) is 0 Å². The Hall–Kier alpha value is -2.61. The second kappa shape index (κ2) is 6.53. The number of rotatable bonds is 4. The van der Waals surface area contributed by atoms with Crippen molar-refractivity contribution in [3.63, 3.8) is 0 Å². The average molecular weight is 366 g/mol. The minimum Gasteiger partial charge on any atom is -0.352 e. The molecular weight excluding hydrogens is 340 g/mol. The lowest BCUT2D eigenvalue weighted by atomic mass is 9.96. The maximum Gasteiger partial charge on any atom is 0.178 e. The molecule has 1 aliphatic rings. The Morgan fingerprint density at radius 2 is 1.81 bits per heavy atom. The molecule has 4 heterocycles. The van der Waals surface area contributed by atoms with E-state index in [0.29, 0.717) is 6.04 Å². The molecule has 3 aromatic heterocycles. The van der Waals surface area contributed by atoms with Gasteiger partial charge in [-0.3, -0.25) is 4.90 Å². The van der Waals surface area contributed by atoms with Crippen LogP contribution in [0.25, 0.3) is 5.65 Å². The third-order valence-electron chi connectivity index (χ3n) is 5.00. The van der Waals surface area contributed by atoms with E-state index < -0.39 is 0 Å². The van der Waals surface area contributed by atoms with Crippen LogP contribution >= 0.6 is 0 Å². The van der Waals surface area contributed by atoms with E-state index in [4.69, 9.17) is 5.10 Å². The number of likely N-dealkylation sites (N-methyl/N-ethyl adjacent to an activating group) is 1. The Morgan fingerprint density at radius 3 is 2.48 bits per heavy atom. The first-order valence-corrected chi connectivity index (χ1v) is 9.27. The van der Waals surface area contributed by atoms with Crippen LogP contribution in [-0.2, 0) is 12.0 Å². The molecule has 8 heteroatoms. The fourth-order valence-corrected chi connectivity index (χ4v) is 3.25. The zero-order chi connectivity index (χ0) is 19.2. The highest BCUT2D eigenvalue weighted by Gasteiger charge is 2.31. The third kappa shape index (κ3) is 3.49. The molecule has 27 heavy (non-hydrogen) atoms. The van der Waals surface area contributed by atoms with Gasteiger partial charge in [0.25, 0.3) is 0 Å². The number of aryl methyl sites for hydroxylation is 1. The van der Waals surface area contributed by atoms with Crippen molar-refractivity contribution in [2.75, 3.05) is 25.0 Å². The van der Waals surface area contributed by atoms with Gasteiger partial charge >= 0.3 is 0 Å². The van der Waals surface area contributed by atoms with E-state index in [1.54, 1.807) is 0 Å². The summed E-state index contributed by atoms with van der Waals surface area (Å²) in [6, 6.07) is 4.51. The predicted molar refractivity (Wildman–Crippen MR) is 104 cm³/mol. The smallest absolute Gasteiger partial charge is 0.178 e. The molecule has 1 saturated heterocycles. The molecular formula is C19H26N8. The molecule has 4 rings (SSSR count). The number of aromatic nitrogens is 6. The van der Waals surface area contributed by atoms with Gasteiger partial charge in [-0.05, 0) is 26.1 Å². The van der Waals surface area contributed by atoms with E-state index in [1.807, 2.05) is 36.0 Å². The summed E-state index contributed by atoms with van der Waals surface area (Å²) < 4.78 is 1.87. The molecule has 0 bridgehead atoms. The second-order valence-electron chi connectivity index (χ2n) is 8.35. The van der Waals surface area contributed by atoms with Crippen molar-refractivity contribution in [3.05, 3.63) is 41.7 Å². The van der Waals surface area contributed by atoms with Gasteiger partial charge < -0.3 is 4.90 Å². The molecule has 0 N–H and O–H groups in total. The van der Waals surface area contributed by atoms with Crippen molar-refractivity contribution in [1.29, 1.82) is 0 Å². The second-order valence-corrected chi connectivity index (χ2v) is 8.35. The summed E-state index contributed by atoms with van der Waals surface area (Å²) in [4.78, 5) is 13.2. The normalized spacial score (nSPS) is 15.6. The number of anilines is 1. The molecule has 0 aliphatic carbocycles. The zero-order valence-electron chi connectivity index (χ0n) is 16.6. The van der Waals surface area contributed by atoms with Gasteiger partial charge in [0.2, 0.25) is 0 Å². The molecule has 3 aromatic rings. The van der Waals surface area contributed by atoms with Crippen LogP contribution in [0.3, 0.4) is 0 Å². The summed E-state index contributed by atoms with van der Waals surface area (Å²) in [5.41, 5.74) is 1.83. The molecule has 1 aliphatic heterocycles. The van der Waals surface area contributed by atoms with E-state index >= 15 is 0 Å². The minimum absolute atomic E-state index is 0.0984. The third-order valence-corrected chi connectivity index (χ3v) is 5.00. The maximum absolute atomic E-state index is 4.79. The first-order valence-electron chi connectivity index (χ1n) is 9.27. The van der Waals surface area contributed by atoms with Crippen LogP contribution in [0.4, 0.5) is 5.82 Å². The SMILES string of the molecule is Cc1ncc(CN(C)C2CN(c3ccc4nnc(C(C)(C)C)n4n3)C2)cn1. The van der Waals surface area contributed by atoms with Crippen molar-refractivity contribution in [1.82, 2.24) is 34.7 Å². The average Bonchev–Trinajstić information content (AvgIpc) is 2.99. The maximum atomic E-state index is 4.79. The first kappa shape index (κ1) is 17.8. The van der Waals surface area contributed by atoms with Gasteiger partial charge in [-0.2, -0.15) is 4.52 Å². The quantitative estimate of drug-likeness (QED) is 0.697. The minimum atomic E-state index is -0.0984. The Bertz CT molecular complexity index is 934. The van der Waals surface area contributed by atoms with E-state index in [2.05, 4.69) is 57.8 Å². The van der Waals surface area contributed by atoms with Gasteiger partial charge in [0.15, 0.2) is 11.5 Å². The summed E-state index contributed by atoms with van der Waals surface area (Å²) in [7, 11) is 2.15. The molecule has 0 radical (unpaired) electrons.